The Balaban J connectivity index is 1.67. The first-order valence-electron chi connectivity index (χ1n) is 11.0. The van der Waals surface area contributed by atoms with Gasteiger partial charge in [-0.1, -0.05) is 81.4 Å². The zero-order valence-corrected chi connectivity index (χ0v) is 19.2. The maximum absolute atomic E-state index is 12.7. The Labute approximate surface area is 186 Å². The second-order valence-corrected chi connectivity index (χ2v) is 9.20. The van der Waals surface area contributed by atoms with E-state index in [2.05, 4.69) is 60.4 Å². The molecule has 1 saturated heterocycles. The molecule has 2 aromatic rings. The molecule has 1 unspecified atom stereocenters. The van der Waals surface area contributed by atoms with Crippen molar-refractivity contribution in [3.05, 3.63) is 71.8 Å². The number of thiocarbonyl (C=S) groups is 1. The maximum Gasteiger partial charge on any atom is 0.176 e. The van der Waals surface area contributed by atoms with Gasteiger partial charge in [-0.3, -0.25) is 9.69 Å². The van der Waals surface area contributed by atoms with Gasteiger partial charge in [0, 0.05) is 11.3 Å². The Morgan fingerprint density at radius 2 is 1.67 bits per heavy atom. The van der Waals surface area contributed by atoms with Gasteiger partial charge in [0.25, 0.3) is 0 Å². The van der Waals surface area contributed by atoms with Crippen molar-refractivity contribution in [2.24, 2.45) is 5.41 Å². The van der Waals surface area contributed by atoms with Crippen LogP contribution in [0.1, 0.15) is 57.1 Å². The second-order valence-electron chi connectivity index (χ2n) is 8.79. The summed E-state index contributed by atoms with van der Waals surface area (Å²) in [4.78, 5) is 14.9. The second kappa shape index (κ2) is 10.3. The van der Waals surface area contributed by atoms with Crippen LogP contribution in [0, 0.1) is 5.41 Å². The largest absolute Gasteiger partial charge is 0.484 e. The van der Waals surface area contributed by atoms with Gasteiger partial charge in [-0.05, 0) is 49.2 Å². The lowest BCUT2D eigenvalue weighted by Crippen LogP contribution is -2.43. The number of Topliss-reactive ketones (excluding diaryl/α,β-unsaturated/α-hetero) is 1. The SMILES string of the molecule is CCC(C)(C)C(=O)CN1CCCC1C(=S)OCC(c1ccccc1)c1ccccc1. The van der Waals surface area contributed by atoms with Gasteiger partial charge < -0.3 is 4.74 Å². The van der Waals surface area contributed by atoms with E-state index >= 15 is 0 Å². The van der Waals surface area contributed by atoms with Crippen LogP contribution in [-0.4, -0.2) is 41.5 Å². The van der Waals surface area contributed by atoms with Crippen LogP contribution < -0.4 is 0 Å². The lowest BCUT2D eigenvalue weighted by molar-refractivity contribution is -0.128. The first-order valence-corrected chi connectivity index (χ1v) is 11.4. The zero-order valence-electron chi connectivity index (χ0n) is 18.3. The van der Waals surface area contributed by atoms with Gasteiger partial charge >= 0.3 is 0 Å². The normalized spacial score (nSPS) is 17.3. The molecule has 0 N–H and O–H groups in total. The molecule has 0 bridgehead atoms. The smallest absolute Gasteiger partial charge is 0.176 e. The highest BCUT2D eigenvalue weighted by atomic mass is 32.1. The molecule has 1 aliphatic rings. The molecule has 1 aliphatic heterocycles. The van der Waals surface area contributed by atoms with E-state index in [0.717, 1.165) is 25.8 Å². The molecule has 0 aliphatic carbocycles. The monoisotopic (exact) mass is 423 g/mol. The topological polar surface area (TPSA) is 29.5 Å². The summed E-state index contributed by atoms with van der Waals surface area (Å²) in [5.41, 5.74) is 2.14. The van der Waals surface area contributed by atoms with Gasteiger partial charge in [0.1, 0.15) is 0 Å². The lowest BCUT2D eigenvalue weighted by atomic mass is 9.85. The molecule has 3 rings (SSSR count). The fraction of sp³-hybridized carbons (Fsp3) is 0.462. The van der Waals surface area contributed by atoms with Crippen molar-refractivity contribution in [2.75, 3.05) is 19.7 Å². The van der Waals surface area contributed by atoms with Crippen LogP contribution in [0.25, 0.3) is 0 Å². The predicted molar refractivity (Wildman–Crippen MR) is 127 cm³/mol. The van der Waals surface area contributed by atoms with Gasteiger partial charge in [-0.25, -0.2) is 0 Å². The molecule has 0 spiro atoms. The van der Waals surface area contributed by atoms with Crippen molar-refractivity contribution >= 4 is 23.1 Å². The summed E-state index contributed by atoms with van der Waals surface area (Å²) in [7, 11) is 0. The summed E-state index contributed by atoms with van der Waals surface area (Å²) < 4.78 is 6.20. The minimum atomic E-state index is -0.290. The van der Waals surface area contributed by atoms with Crippen LogP contribution in [0.15, 0.2) is 60.7 Å². The molecule has 0 radical (unpaired) electrons. The number of rotatable bonds is 9. The Kier molecular flexibility index (Phi) is 7.79. The summed E-state index contributed by atoms with van der Waals surface area (Å²) in [6.45, 7) is 7.99. The fourth-order valence-electron chi connectivity index (χ4n) is 3.90. The average Bonchev–Trinajstić information content (AvgIpc) is 3.23. The third kappa shape index (κ3) is 5.55. The number of ether oxygens (including phenoxy) is 1. The van der Waals surface area contributed by atoms with E-state index in [1.165, 1.54) is 11.1 Å². The zero-order chi connectivity index (χ0) is 21.6. The quantitative estimate of drug-likeness (QED) is 0.489. The van der Waals surface area contributed by atoms with Crippen LogP contribution in [0.4, 0.5) is 0 Å². The Morgan fingerprint density at radius 3 is 2.20 bits per heavy atom. The van der Waals surface area contributed by atoms with Crippen molar-refractivity contribution in [3.8, 4) is 0 Å². The Hall–Kier alpha value is -2.04. The first kappa shape index (κ1) is 22.6. The van der Waals surface area contributed by atoms with E-state index in [-0.39, 0.29) is 23.2 Å². The van der Waals surface area contributed by atoms with Crippen molar-refractivity contribution < 1.29 is 9.53 Å². The summed E-state index contributed by atoms with van der Waals surface area (Å²) >= 11 is 5.71. The number of carbonyl (C=O) groups excluding carboxylic acids is 1. The van der Waals surface area contributed by atoms with Crippen LogP contribution in [0.3, 0.4) is 0 Å². The summed E-state index contributed by atoms with van der Waals surface area (Å²) in [6, 6.07) is 20.9. The molecule has 2 aromatic carbocycles. The van der Waals surface area contributed by atoms with Gasteiger partial charge in [-0.15, -0.1) is 0 Å². The number of likely N-dealkylation sites (tertiary alicyclic amines) is 1. The van der Waals surface area contributed by atoms with Gasteiger partial charge in [-0.2, -0.15) is 0 Å². The molecule has 1 atom stereocenters. The number of carbonyl (C=O) groups is 1. The van der Waals surface area contributed by atoms with Crippen LogP contribution in [0.5, 0.6) is 0 Å². The van der Waals surface area contributed by atoms with E-state index in [1.807, 2.05) is 26.0 Å². The van der Waals surface area contributed by atoms with Gasteiger partial charge in [0.15, 0.2) is 10.8 Å². The lowest BCUT2D eigenvalue weighted by Gasteiger charge is -2.29. The highest BCUT2D eigenvalue weighted by Crippen LogP contribution is 2.28. The van der Waals surface area contributed by atoms with E-state index < -0.39 is 0 Å². The maximum atomic E-state index is 12.7. The number of nitrogens with zero attached hydrogens (tertiary/aromatic N) is 1. The molecule has 4 heteroatoms. The van der Waals surface area contributed by atoms with Gasteiger partial charge in [0.05, 0.1) is 19.2 Å². The minimum absolute atomic E-state index is 0.0452. The highest BCUT2D eigenvalue weighted by Gasteiger charge is 2.34. The number of hydrogen-bond acceptors (Lipinski definition) is 4. The molecule has 0 aromatic heterocycles. The predicted octanol–water partition coefficient (Wildman–Crippen LogP) is 5.63. The van der Waals surface area contributed by atoms with E-state index in [4.69, 9.17) is 17.0 Å². The number of ketones is 1. The molecule has 1 heterocycles. The van der Waals surface area contributed by atoms with Crippen molar-refractivity contribution in [2.45, 2.75) is 52.0 Å². The summed E-state index contributed by atoms with van der Waals surface area (Å²) in [5.74, 6) is 0.409. The number of hydrogen-bond donors (Lipinski definition) is 0. The summed E-state index contributed by atoms with van der Waals surface area (Å²) in [6.07, 6.45) is 2.86. The van der Waals surface area contributed by atoms with Crippen molar-refractivity contribution in [1.29, 1.82) is 0 Å². The first-order chi connectivity index (χ1) is 14.4. The molecule has 1 fully saturated rings. The van der Waals surface area contributed by atoms with E-state index in [1.54, 1.807) is 0 Å². The molecule has 0 amide bonds. The highest BCUT2D eigenvalue weighted by molar-refractivity contribution is 7.80. The van der Waals surface area contributed by atoms with Crippen molar-refractivity contribution in [3.63, 3.8) is 0 Å². The van der Waals surface area contributed by atoms with Gasteiger partial charge in [0.2, 0.25) is 0 Å². The summed E-state index contributed by atoms with van der Waals surface area (Å²) in [5, 5.41) is 0.617. The number of benzene rings is 2. The average molecular weight is 424 g/mol. The standard InChI is InChI=1S/C26H33NO2S/c1-4-26(2,3)24(28)18-27-17-11-16-23(27)25(30)29-19-22(20-12-7-5-8-13-20)21-14-9-6-10-15-21/h5-10,12-15,22-23H,4,11,16-19H2,1-3H3. The molecular weight excluding hydrogens is 390 g/mol. The molecule has 30 heavy (non-hydrogen) atoms. The Morgan fingerprint density at radius 1 is 1.10 bits per heavy atom. The van der Waals surface area contributed by atoms with Crippen LogP contribution >= 0.6 is 12.2 Å². The van der Waals surface area contributed by atoms with E-state index in [0.29, 0.717) is 18.2 Å². The van der Waals surface area contributed by atoms with Crippen LogP contribution in [-0.2, 0) is 9.53 Å². The van der Waals surface area contributed by atoms with Crippen molar-refractivity contribution in [1.82, 2.24) is 4.90 Å². The van der Waals surface area contributed by atoms with E-state index in [9.17, 15) is 4.79 Å². The molecule has 160 valence electrons. The molecule has 3 nitrogen and oxygen atoms in total. The fourth-order valence-corrected chi connectivity index (χ4v) is 4.23. The minimum Gasteiger partial charge on any atom is -0.484 e. The van der Waals surface area contributed by atoms with Crippen LogP contribution in [0.2, 0.25) is 0 Å². The molecular formula is C26H33NO2S. The Bertz CT molecular complexity index is 795. The third-order valence-electron chi connectivity index (χ3n) is 6.42. The third-order valence-corrected chi connectivity index (χ3v) is 6.81. The molecule has 0 saturated carbocycles.